The Kier molecular flexibility index (Phi) is 8.18. The summed E-state index contributed by atoms with van der Waals surface area (Å²) >= 11 is 4.59. The van der Waals surface area contributed by atoms with Gasteiger partial charge in [0.15, 0.2) is 0 Å². The standard InChI is InChI=1S/C3H2ClF3.C3H6/c4-2-1-3(5,6)7;1-3-2/h1-2H;3H,1H2,2H3. The first-order valence-electron chi connectivity index (χ1n) is 2.39. The summed E-state index contributed by atoms with van der Waals surface area (Å²) in [6.07, 6.45) is -2.56. The first kappa shape index (κ1) is 12.3. The van der Waals surface area contributed by atoms with Gasteiger partial charge in [-0.2, -0.15) is 13.2 Å². The van der Waals surface area contributed by atoms with Crippen molar-refractivity contribution in [2.75, 3.05) is 0 Å². The summed E-state index contributed by atoms with van der Waals surface area (Å²) in [5.41, 5.74) is 0.431. The molecule has 0 heterocycles. The summed E-state index contributed by atoms with van der Waals surface area (Å²) in [6.45, 7) is 5.25. The van der Waals surface area contributed by atoms with Crippen molar-refractivity contribution in [1.82, 2.24) is 0 Å². The van der Waals surface area contributed by atoms with Crippen molar-refractivity contribution >= 4 is 11.6 Å². The van der Waals surface area contributed by atoms with Crippen LogP contribution in [0.2, 0.25) is 0 Å². The maximum atomic E-state index is 10.9. The van der Waals surface area contributed by atoms with Crippen LogP contribution in [0.4, 0.5) is 13.2 Å². The van der Waals surface area contributed by atoms with Crippen LogP contribution in [-0.4, -0.2) is 6.18 Å². The number of rotatable bonds is 0. The highest BCUT2D eigenvalue weighted by molar-refractivity contribution is 6.25. The first-order valence-corrected chi connectivity index (χ1v) is 2.83. The molecular weight excluding hydrogens is 165 g/mol. The van der Waals surface area contributed by atoms with Gasteiger partial charge in [0.25, 0.3) is 0 Å². The average Bonchev–Trinajstić information content (AvgIpc) is 1.63. The van der Waals surface area contributed by atoms with E-state index in [1.165, 1.54) is 0 Å². The van der Waals surface area contributed by atoms with Gasteiger partial charge in [-0.05, 0) is 6.92 Å². The predicted octanol–water partition coefficient (Wildman–Crippen LogP) is 3.49. The molecule has 0 bridgehead atoms. The lowest BCUT2D eigenvalue weighted by Crippen LogP contribution is -1.99. The summed E-state index contributed by atoms with van der Waals surface area (Å²) in [5, 5.41) is 0. The minimum atomic E-state index is -4.26. The number of hydrogen-bond donors (Lipinski definition) is 0. The highest BCUT2D eigenvalue weighted by Crippen LogP contribution is 2.15. The molecule has 0 saturated carbocycles. The third kappa shape index (κ3) is 25.7. The maximum Gasteiger partial charge on any atom is 0.410 e. The Balaban J connectivity index is 0. The van der Waals surface area contributed by atoms with Crippen LogP contribution in [0.25, 0.3) is 0 Å². The molecule has 0 N–H and O–H groups in total. The zero-order valence-electron chi connectivity index (χ0n) is 5.45. The molecule has 60 valence electrons. The van der Waals surface area contributed by atoms with Crippen LogP contribution in [0.15, 0.2) is 24.3 Å². The van der Waals surface area contributed by atoms with Crippen molar-refractivity contribution in [3.63, 3.8) is 0 Å². The third-order valence-corrected chi connectivity index (χ3v) is 0.378. The Morgan fingerprint density at radius 3 is 1.70 bits per heavy atom. The number of hydrogen-bond acceptors (Lipinski definition) is 0. The van der Waals surface area contributed by atoms with Crippen molar-refractivity contribution in [2.24, 2.45) is 0 Å². The van der Waals surface area contributed by atoms with E-state index in [1.54, 1.807) is 6.08 Å². The average molecular weight is 173 g/mol. The zero-order valence-corrected chi connectivity index (χ0v) is 6.21. The fourth-order valence-electron chi connectivity index (χ4n) is 0.0714. The highest BCUT2D eigenvalue weighted by atomic mass is 35.5. The maximum absolute atomic E-state index is 10.9. The summed E-state index contributed by atoms with van der Waals surface area (Å²) in [5.74, 6) is 0. The van der Waals surface area contributed by atoms with E-state index in [0.717, 1.165) is 0 Å². The van der Waals surface area contributed by atoms with Crippen LogP contribution in [0.3, 0.4) is 0 Å². The molecule has 0 nitrogen and oxygen atoms in total. The molecule has 10 heavy (non-hydrogen) atoms. The fraction of sp³-hybridized carbons (Fsp3) is 0.333. The normalized spacial score (nSPS) is 10.5. The molecule has 0 rings (SSSR count). The van der Waals surface area contributed by atoms with E-state index in [9.17, 15) is 13.2 Å². The molecule has 0 atom stereocenters. The summed E-state index contributed by atoms with van der Waals surface area (Å²) in [4.78, 5) is 0. The van der Waals surface area contributed by atoms with Crippen LogP contribution in [0.1, 0.15) is 6.92 Å². The molecule has 0 aliphatic carbocycles. The second-order valence-electron chi connectivity index (χ2n) is 1.24. The smallest absolute Gasteiger partial charge is 0.167 e. The summed E-state index contributed by atoms with van der Waals surface area (Å²) in [7, 11) is 0. The third-order valence-electron chi connectivity index (χ3n) is 0.252. The monoisotopic (exact) mass is 172 g/mol. The molecule has 0 unspecified atom stereocenters. The van der Waals surface area contributed by atoms with E-state index in [0.29, 0.717) is 5.54 Å². The first-order chi connectivity index (χ1) is 4.47. The Morgan fingerprint density at radius 1 is 1.40 bits per heavy atom. The quantitative estimate of drug-likeness (QED) is 0.491. The van der Waals surface area contributed by atoms with Crippen molar-refractivity contribution in [2.45, 2.75) is 13.1 Å². The molecule has 0 amide bonds. The minimum absolute atomic E-state index is 0.0471. The van der Waals surface area contributed by atoms with Crippen LogP contribution in [0.5, 0.6) is 0 Å². The van der Waals surface area contributed by atoms with Crippen LogP contribution in [0, 0.1) is 0 Å². The van der Waals surface area contributed by atoms with Gasteiger partial charge in [-0.25, -0.2) is 0 Å². The van der Waals surface area contributed by atoms with E-state index >= 15 is 0 Å². The lowest BCUT2D eigenvalue weighted by molar-refractivity contribution is -0.0796. The van der Waals surface area contributed by atoms with E-state index in [-0.39, 0.29) is 6.08 Å². The Labute approximate surface area is 63.0 Å². The van der Waals surface area contributed by atoms with E-state index in [2.05, 4.69) is 18.2 Å². The van der Waals surface area contributed by atoms with Crippen LogP contribution in [-0.2, 0) is 0 Å². The topological polar surface area (TPSA) is 0 Å². The van der Waals surface area contributed by atoms with E-state index in [4.69, 9.17) is 0 Å². The lowest BCUT2D eigenvalue weighted by Gasteiger charge is -1.92. The zero-order chi connectivity index (χ0) is 8.62. The van der Waals surface area contributed by atoms with Gasteiger partial charge in [0.1, 0.15) is 0 Å². The molecule has 0 aliphatic heterocycles. The van der Waals surface area contributed by atoms with Gasteiger partial charge in [0, 0.05) is 11.6 Å². The van der Waals surface area contributed by atoms with Gasteiger partial charge in [0.2, 0.25) is 0 Å². The van der Waals surface area contributed by atoms with Gasteiger partial charge in [-0.15, -0.1) is 6.58 Å². The van der Waals surface area contributed by atoms with Gasteiger partial charge < -0.3 is 0 Å². The van der Waals surface area contributed by atoms with Crippen LogP contribution >= 0.6 is 11.6 Å². The summed E-state index contributed by atoms with van der Waals surface area (Å²) in [6, 6.07) is 0. The van der Waals surface area contributed by atoms with Crippen molar-refractivity contribution in [3.8, 4) is 0 Å². The molecule has 0 fully saturated rings. The number of halogens is 4. The number of allylic oxidation sites excluding steroid dienone is 2. The Hall–Kier alpha value is -0.440. The Bertz CT molecular complexity index is 104. The molecule has 0 aliphatic rings. The fourth-order valence-corrected chi connectivity index (χ4v) is 0.214. The van der Waals surface area contributed by atoms with Crippen molar-refractivity contribution < 1.29 is 13.2 Å². The van der Waals surface area contributed by atoms with Crippen molar-refractivity contribution in [3.05, 3.63) is 24.3 Å². The molecule has 0 aromatic heterocycles. The van der Waals surface area contributed by atoms with Gasteiger partial charge in [-0.1, -0.05) is 17.7 Å². The lowest BCUT2D eigenvalue weighted by atomic mass is 10.6. The Morgan fingerprint density at radius 2 is 1.70 bits per heavy atom. The molecular formula is C6H8ClF3. The SMILES string of the molecule is C=CC.FC(F)(F)C=CCl. The molecule has 0 radical (unpaired) electrons. The van der Waals surface area contributed by atoms with Gasteiger partial charge in [-0.3, -0.25) is 0 Å². The van der Waals surface area contributed by atoms with Crippen molar-refractivity contribution in [1.29, 1.82) is 0 Å². The highest BCUT2D eigenvalue weighted by Gasteiger charge is 2.21. The number of alkyl halides is 3. The van der Waals surface area contributed by atoms with E-state index in [1.807, 2.05) is 6.92 Å². The molecule has 4 heteroatoms. The second-order valence-corrected chi connectivity index (χ2v) is 1.49. The molecule has 0 aromatic rings. The predicted molar refractivity (Wildman–Crippen MR) is 36.9 cm³/mol. The van der Waals surface area contributed by atoms with E-state index < -0.39 is 6.18 Å². The minimum Gasteiger partial charge on any atom is -0.167 e. The van der Waals surface area contributed by atoms with Crippen LogP contribution < -0.4 is 0 Å². The molecule has 0 spiro atoms. The molecule has 0 aromatic carbocycles. The molecule has 0 saturated heterocycles. The summed E-state index contributed by atoms with van der Waals surface area (Å²) < 4.78 is 32.7. The largest absolute Gasteiger partial charge is 0.410 e. The van der Waals surface area contributed by atoms with Gasteiger partial charge in [0.05, 0.1) is 0 Å². The van der Waals surface area contributed by atoms with Gasteiger partial charge >= 0.3 is 6.18 Å². The second kappa shape index (κ2) is 6.68.